The van der Waals surface area contributed by atoms with Crippen molar-refractivity contribution in [2.24, 2.45) is 0 Å². The molecule has 3 aromatic rings. The second kappa shape index (κ2) is 27.2. The molecule has 0 saturated heterocycles. The molecule has 0 bridgehead atoms. The number of fused-ring (bicyclic) bond motifs is 2. The number of carbonyl (C=O) groups excluding carboxylic acids is 8. The Morgan fingerprint density at radius 3 is 1.49 bits per heavy atom. The molecule has 1 aliphatic carbocycles. The number of ether oxygens (including phenoxy) is 10. The zero-order chi connectivity index (χ0) is 64.8. The Morgan fingerprint density at radius 2 is 1.03 bits per heavy atom. The molecular weight excluding hydrogens is 985 g/mol. The van der Waals surface area contributed by atoms with Crippen LogP contribution >= 0.6 is 0 Å². The van der Waals surface area contributed by atoms with Gasteiger partial charge in [-0.15, -0.1) is 0 Å². The molecule has 0 fully saturated rings. The van der Waals surface area contributed by atoms with Gasteiger partial charge in [0.2, 0.25) is 32.5 Å². The first-order valence-electron chi connectivity index (χ1n) is 28.1. The van der Waals surface area contributed by atoms with Gasteiger partial charge in [-0.1, -0.05) is 12.1 Å². The minimum absolute atomic E-state index is 0.0386. The number of aryl methyl sites for hydroxylation is 1. The highest BCUT2D eigenvalue weighted by Gasteiger charge is 2.26. The van der Waals surface area contributed by atoms with E-state index >= 15 is 0 Å². The normalized spacial score (nSPS) is 13.7. The summed E-state index contributed by atoms with van der Waals surface area (Å²) in [6, 6.07) is 16.1. The van der Waals surface area contributed by atoms with E-state index in [0.29, 0.717) is 5.56 Å². The minimum Gasteiger partial charge on any atom is -0.488 e. The summed E-state index contributed by atoms with van der Waals surface area (Å²) >= 11 is 0. The van der Waals surface area contributed by atoms with Crippen molar-refractivity contribution in [3.8, 4) is 33.9 Å². The van der Waals surface area contributed by atoms with Gasteiger partial charge in [-0.2, -0.15) is 0 Å². The number of esters is 8. The molecule has 0 aromatic heterocycles. The largest absolute Gasteiger partial charge is 0.488 e. The van der Waals surface area contributed by atoms with E-state index in [4.69, 9.17) is 68.2 Å². The van der Waals surface area contributed by atoms with Gasteiger partial charge in [0.05, 0.1) is 25.7 Å². The molecule has 0 unspecified atom stereocenters. The van der Waals surface area contributed by atoms with Crippen LogP contribution in [0.3, 0.4) is 0 Å². The van der Waals surface area contributed by atoms with E-state index in [1.807, 2.05) is 0 Å². The second-order valence-corrected chi connectivity index (χ2v) is 15.7. The molecule has 0 N–H and O–H groups in total. The number of carbonyl (C=O) groups is 8. The van der Waals surface area contributed by atoms with E-state index in [9.17, 15) is 38.4 Å². The fraction of sp³-hybridized carbons (Fsp3) is 0.365. The van der Waals surface area contributed by atoms with Crippen molar-refractivity contribution in [2.45, 2.75) is 34.6 Å². The Labute approximate surface area is 448 Å². The van der Waals surface area contributed by atoms with E-state index in [1.54, 1.807) is 13.0 Å². The zero-order valence-corrected chi connectivity index (χ0v) is 41.0. The van der Waals surface area contributed by atoms with E-state index in [2.05, 4.69) is 0 Å². The van der Waals surface area contributed by atoms with Crippen molar-refractivity contribution in [2.75, 3.05) is 109 Å². The van der Waals surface area contributed by atoms with Crippen molar-refractivity contribution < 1.29 is 107 Å². The quantitative estimate of drug-likeness (QED) is 0.0200. The smallest absolute Gasteiger partial charge is 0.328 e. The average Bonchev–Trinajstić information content (AvgIpc) is 0.885. The van der Waals surface area contributed by atoms with Crippen LogP contribution in [0, 0.1) is 6.92 Å². The van der Waals surface area contributed by atoms with Crippen molar-refractivity contribution in [1.29, 1.82) is 0 Å². The summed E-state index contributed by atoms with van der Waals surface area (Å²) in [6.07, 6.45) is 0. The first-order chi connectivity index (χ1) is 40.5. The standard InChI is InChI=1S/C52H59N4O19/c1-32-10-16-42(55(24-48(61)71-28-67-33(2)57)25-49(62)72-29-68-34(3)58)46(20-32)65-18-19-66-47-21-37(11-17-43(47)56(26-50(63)73-30-69-35(4)59)27-51(64)74-31-70-36(5)60)52-40-14-12-38(53(6)7)22-44(40)75-45-23-39(54(8)9)13-15-41(45)52/h10-17,20-23H,18-19,24-31H2,1-9H3/q+1/i6D3,7D3,8D3,9D3. The van der Waals surface area contributed by atoms with Gasteiger partial charge in [0, 0.05) is 84.2 Å². The highest BCUT2D eigenvalue weighted by Crippen LogP contribution is 2.43. The van der Waals surface area contributed by atoms with Crippen LogP contribution in [0.25, 0.3) is 33.4 Å². The maximum atomic E-state index is 13.4. The molecule has 1 heterocycles. The van der Waals surface area contributed by atoms with Crippen LogP contribution < -0.4 is 34.1 Å². The third-order valence-corrected chi connectivity index (χ3v) is 10.1. The lowest BCUT2D eigenvalue weighted by Gasteiger charge is -2.27. The Hall–Kier alpha value is -8.89. The summed E-state index contributed by atoms with van der Waals surface area (Å²) in [5.74, 6) is -7.53. The highest BCUT2D eigenvalue weighted by molar-refractivity contribution is 6.03. The third-order valence-electron chi connectivity index (χ3n) is 10.1. The van der Waals surface area contributed by atoms with Crippen molar-refractivity contribution in [1.82, 2.24) is 4.58 Å². The monoisotopic (exact) mass is 1060 g/mol. The fourth-order valence-corrected chi connectivity index (χ4v) is 6.78. The number of anilines is 3. The predicted octanol–water partition coefficient (Wildman–Crippen LogP) is 3.94. The van der Waals surface area contributed by atoms with Crippen LogP contribution in [0.5, 0.6) is 11.5 Å². The van der Waals surface area contributed by atoms with Gasteiger partial charge in [0.1, 0.15) is 76.2 Å². The Kier molecular flexibility index (Phi) is 15.1. The van der Waals surface area contributed by atoms with Crippen LogP contribution in [0.2, 0.25) is 0 Å². The number of rotatable bonds is 25. The molecule has 75 heavy (non-hydrogen) atoms. The number of nitrogens with zero attached hydrogens (tertiary/aromatic N) is 4. The third kappa shape index (κ3) is 17.4. The Bertz CT molecular complexity index is 3300. The van der Waals surface area contributed by atoms with Crippen LogP contribution in [0.4, 0.5) is 17.1 Å². The molecule has 0 spiro atoms. The molecule has 3 aromatic carbocycles. The van der Waals surface area contributed by atoms with Gasteiger partial charge in [0.15, 0.2) is 0 Å². The van der Waals surface area contributed by atoms with E-state index < -0.39 is 136 Å². The van der Waals surface area contributed by atoms with Crippen molar-refractivity contribution in [3.05, 3.63) is 83.7 Å². The molecule has 0 radical (unpaired) electrons. The van der Waals surface area contributed by atoms with Crippen molar-refractivity contribution in [3.63, 3.8) is 0 Å². The summed E-state index contributed by atoms with van der Waals surface area (Å²) in [5, 5.41) is -0.226. The molecule has 23 nitrogen and oxygen atoms in total. The fourth-order valence-electron chi connectivity index (χ4n) is 6.78. The first kappa shape index (κ1) is 41.6. The molecule has 0 amide bonds. The molecule has 400 valence electrons. The lowest BCUT2D eigenvalue weighted by atomic mass is 9.93. The number of hydrogen-bond donors (Lipinski definition) is 0. The van der Waals surface area contributed by atoms with Gasteiger partial charge in [-0.05, 0) is 60.5 Å². The maximum Gasteiger partial charge on any atom is 0.328 e. The summed E-state index contributed by atoms with van der Waals surface area (Å²) in [7, 11) is 0. The molecule has 5 rings (SSSR count). The summed E-state index contributed by atoms with van der Waals surface area (Å²) in [5.41, 5.74) is 0.590. The van der Waals surface area contributed by atoms with Gasteiger partial charge < -0.3 is 66.5 Å². The van der Waals surface area contributed by atoms with Gasteiger partial charge in [-0.25, -0.2) is 4.58 Å². The van der Waals surface area contributed by atoms with Crippen LogP contribution in [-0.4, -0.2) is 142 Å². The van der Waals surface area contributed by atoms with Crippen LogP contribution in [0.1, 0.15) is 49.7 Å². The summed E-state index contributed by atoms with van der Waals surface area (Å²) in [6.45, 7) is -13.9. The van der Waals surface area contributed by atoms with Crippen LogP contribution in [-0.2, 0) is 76.3 Å². The van der Waals surface area contributed by atoms with Crippen LogP contribution in [0.15, 0.2) is 77.2 Å². The van der Waals surface area contributed by atoms with E-state index in [0.717, 1.165) is 44.7 Å². The Balaban J connectivity index is 1.73. The van der Waals surface area contributed by atoms with Gasteiger partial charge >= 0.3 is 47.8 Å². The first-order valence-corrected chi connectivity index (χ1v) is 22.1. The topological polar surface area (TPSA) is 255 Å². The van der Waals surface area contributed by atoms with Gasteiger partial charge in [-0.3, -0.25) is 38.4 Å². The molecule has 0 saturated carbocycles. The number of hydrogen-bond acceptors (Lipinski definition) is 22. The molecule has 1 aliphatic heterocycles. The lowest BCUT2D eigenvalue weighted by molar-refractivity contribution is -0.167. The maximum absolute atomic E-state index is 13.4. The lowest BCUT2D eigenvalue weighted by Crippen LogP contribution is -2.37. The SMILES string of the molecule is [2H]C([2H])([2H])N(c1ccc2c(-c3ccc(N(CC(=O)OCOC(C)=O)CC(=O)OCOC(C)=O)c(OCCOc4cc(C)ccc4N(CC(=O)OCOC(C)=O)CC(=O)OCOC(C)=O)c3)c3ccc(=[N+](C([2H])([2H])[2H])C([2H])([2H])[2H])cc-3oc2c1)C([2H])([2H])[2H]. The number of benzene rings is 4. The molecule has 2 aliphatic rings. The van der Waals surface area contributed by atoms with E-state index in [-0.39, 0.29) is 83.4 Å². The average molecular weight is 1060 g/mol. The predicted molar refractivity (Wildman–Crippen MR) is 267 cm³/mol. The summed E-state index contributed by atoms with van der Waals surface area (Å²) in [4.78, 5) is 101. The zero-order valence-electron chi connectivity index (χ0n) is 53.0. The molecule has 23 heteroatoms. The summed E-state index contributed by atoms with van der Waals surface area (Å²) < 4.78 is 155. The van der Waals surface area contributed by atoms with Crippen molar-refractivity contribution >= 4 is 75.8 Å². The molecular formula is C52H59N4O19+. The Morgan fingerprint density at radius 1 is 0.547 bits per heavy atom. The van der Waals surface area contributed by atoms with Gasteiger partial charge in [0.25, 0.3) is 0 Å². The minimum atomic E-state index is -3.24. The highest BCUT2D eigenvalue weighted by atomic mass is 16.7. The van der Waals surface area contributed by atoms with E-state index in [1.165, 1.54) is 59.5 Å². The molecule has 0 atom stereocenters. The second-order valence-electron chi connectivity index (χ2n) is 15.7.